The summed E-state index contributed by atoms with van der Waals surface area (Å²) in [6, 6.07) is 2.00. The fraction of sp³-hybridized carbons (Fsp3) is 0.526. The van der Waals surface area contributed by atoms with Gasteiger partial charge < -0.3 is 10.6 Å². The van der Waals surface area contributed by atoms with E-state index in [0.29, 0.717) is 12.5 Å². The van der Waals surface area contributed by atoms with Gasteiger partial charge in [-0.15, -0.1) is 0 Å². The summed E-state index contributed by atoms with van der Waals surface area (Å²) < 4.78 is 1.67. The number of hydrogen-bond acceptors (Lipinski definition) is 5. The summed E-state index contributed by atoms with van der Waals surface area (Å²) in [6.45, 7) is 11.7. The number of aryl methyl sites for hydroxylation is 3. The van der Waals surface area contributed by atoms with E-state index in [9.17, 15) is 9.59 Å². The molecule has 2 rings (SSSR count). The average Bonchev–Trinajstić information content (AvgIpc) is 2.81. The third-order valence-electron chi connectivity index (χ3n) is 4.06. The molecule has 0 saturated heterocycles. The lowest BCUT2D eigenvalue weighted by molar-refractivity contribution is -0.122. The van der Waals surface area contributed by atoms with E-state index in [0.717, 1.165) is 28.3 Å². The standard InChI is InChI=1S/C19H28N6O2/c1-11(2)21-17(26)7-8-20-18(27)10-16-14(5)24-25(15(16)6)19-22-12(3)9-13(4)23-19/h9,11H,7-8,10H2,1-6H3,(H,20,27)(H,21,26). The molecule has 0 atom stereocenters. The zero-order valence-electron chi connectivity index (χ0n) is 16.9. The van der Waals surface area contributed by atoms with Crippen LogP contribution in [-0.2, 0) is 16.0 Å². The molecule has 146 valence electrons. The summed E-state index contributed by atoms with van der Waals surface area (Å²) in [5.41, 5.74) is 4.18. The minimum Gasteiger partial charge on any atom is -0.355 e. The van der Waals surface area contributed by atoms with Crippen LogP contribution < -0.4 is 10.6 Å². The Morgan fingerprint density at radius 3 is 2.30 bits per heavy atom. The first-order valence-electron chi connectivity index (χ1n) is 9.11. The molecule has 0 saturated carbocycles. The van der Waals surface area contributed by atoms with Crippen molar-refractivity contribution in [1.29, 1.82) is 0 Å². The molecule has 0 aliphatic rings. The molecular formula is C19H28N6O2. The van der Waals surface area contributed by atoms with Crippen molar-refractivity contribution in [2.75, 3.05) is 6.54 Å². The highest BCUT2D eigenvalue weighted by molar-refractivity contribution is 5.80. The second-order valence-electron chi connectivity index (χ2n) is 7.01. The van der Waals surface area contributed by atoms with E-state index in [1.165, 1.54) is 0 Å². The summed E-state index contributed by atoms with van der Waals surface area (Å²) in [7, 11) is 0. The summed E-state index contributed by atoms with van der Waals surface area (Å²) in [5, 5.41) is 10.1. The monoisotopic (exact) mass is 372 g/mol. The second kappa shape index (κ2) is 8.75. The maximum Gasteiger partial charge on any atom is 0.251 e. The lowest BCUT2D eigenvalue weighted by Crippen LogP contribution is -2.34. The minimum absolute atomic E-state index is 0.0718. The van der Waals surface area contributed by atoms with Crippen molar-refractivity contribution >= 4 is 11.8 Å². The van der Waals surface area contributed by atoms with Crippen LogP contribution in [0.25, 0.3) is 5.95 Å². The number of amides is 2. The molecule has 0 fully saturated rings. The van der Waals surface area contributed by atoms with Crippen molar-refractivity contribution in [3.05, 3.63) is 34.4 Å². The highest BCUT2D eigenvalue weighted by atomic mass is 16.2. The Kier molecular flexibility index (Phi) is 6.65. The van der Waals surface area contributed by atoms with Gasteiger partial charge in [-0.05, 0) is 47.6 Å². The van der Waals surface area contributed by atoms with Crippen LogP contribution in [0.5, 0.6) is 0 Å². The molecule has 0 aromatic carbocycles. The van der Waals surface area contributed by atoms with Crippen molar-refractivity contribution in [2.45, 2.75) is 60.4 Å². The SMILES string of the molecule is Cc1cc(C)nc(-n2nc(C)c(CC(=O)NCCC(=O)NC(C)C)c2C)n1. The van der Waals surface area contributed by atoms with Gasteiger partial charge in [0.05, 0.1) is 12.1 Å². The molecule has 0 aliphatic heterocycles. The number of carbonyl (C=O) groups is 2. The Labute approximate surface area is 159 Å². The molecule has 0 bridgehead atoms. The first-order chi connectivity index (χ1) is 12.7. The first kappa shape index (κ1) is 20.5. The van der Waals surface area contributed by atoms with Gasteiger partial charge in [-0.2, -0.15) is 5.10 Å². The van der Waals surface area contributed by atoms with Gasteiger partial charge in [-0.25, -0.2) is 14.6 Å². The normalized spacial score (nSPS) is 10.9. The van der Waals surface area contributed by atoms with Crippen LogP contribution in [0.2, 0.25) is 0 Å². The molecule has 27 heavy (non-hydrogen) atoms. The van der Waals surface area contributed by atoms with Crippen LogP contribution >= 0.6 is 0 Å². The van der Waals surface area contributed by atoms with Gasteiger partial charge in [-0.1, -0.05) is 0 Å². The third kappa shape index (κ3) is 5.60. The number of carbonyl (C=O) groups excluding carboxylic acids is 2. The average molecular weight is 372 g/mol. The highest BCUT2D eigenvalue weighted by Crippen LogP contribution is 2.17. The highest BCUT2D eigenvalue weighted by Gasteiger charge is 2.17. The van der Waals surface area contributed by atoms with E-state index in [1.807, 2.05) is 47.6 Å². The molecule has 2 N–H and O–H groups in total. The van der Waals surface area contributed by atoms with E-state index < -0.39 is 0 Å². The van der Waals surface area contributed by atoms with Crippen LogP contribution in [0.4, 0.5) is 0 Å². The van der Waals surface area contributed by atoms with Crippen LogP contribution in [0.1, 0.15) is 48.6 Å². The maximum absolute atomic E-state index is 12.3. The Hall–Kier alpha value is -2.77. The molecule has 2 aromatic heterocycles. The van der Waals surface area contributed by atoms with Gasteiger partial charge >= 0.3 is 0 Å². The van der Waals surface area contributed by atoms with Gasteiger partial charge in [-0.3, -0.25) is 9.59 Å². The zero-order chi connectivity index (χ0) is 20.1. The maximum atomic E-state index is 12.3. The molecule has 2 amide bonds. The number of nitrogens with zero attached hydrogens (tertiary/aromatic N) is 4. The molecule has 0 aliphatic carbocycles. The van der Waals surface area contributed by atoms with Crippen molar-refractivity contribution in [3.8, 4) is 5.95 Å². The predicted molar refractivity (Wildman–Crippen MR) is 103 cm³/mol. The van der Waals surface area contributed by atoms with Crippen LogP contribution in [0, 0.1) is 27.7 Å². The number of rotatable bonds is 7. The van der Waals surface area contributed by atoms with E-state index >= 15 is 0 Å². The molecular weight excluding hydrogens is 344 g/mol. The summed E-state index contributed by atoms with van der Waals surface area (Å²) in [5.74, 6) is 0.294. The van der Waals surface area contributed by atoms with Gasteiger partial charge in [0.15, 0.2) is 0 Å². The number of hydrogen-bond donors (Lipinski definition) is 2. The zero-order valence-corrected chi connectivity index (χ0v) is 16.9. The lowest BCUT2D eigenvalue weighted by Gasteiger charge is -2.09. The van der Waals surface area contributed by atoms with Gasteiger partial charge in [0.25, 0.3) is 5.95 Å². The number of nitrogens with one attached hydrogen (secondary N) is 2. The van der Waals surface area contributed by atoms with E-state index in [2.05, 4.69) is 25.7 Å². The fourth-order valence-corrected chi connectivity index (χ4v) is 2.86. The smallest absolute Gasteiger partial charge is 0.251 e. The third-order valence-corrected chi connectivity index (χ3v) is 4.06. The lowest BCUT2D eigenvalue weighted by atomic mass is 10.1. The minimum atomic E-state index is -0.139. The fourth-order valence-electron chi connectivity index (χ4n) is 2.86. The van der Waals surface area contributed by atoms with Crippen molar-refractivity contribution in [3.63, 3.8) is 0 Å². The largest absolute Gasteiger partial charge is 0.355 e. The molecule has 0 spiro atoms. The van der Waals surface area contributed by atoms with E-state index in [4.69, 9.17) is 0 Å². The van der Waals surface area contributed by atoms with E-state index in [-0.39, 0.29) is 30.7 Å². The van der Waals surface area contributed by atoms with Gasteiger partial charge in [0.1, 0.15) is 0 Å². The van der Waals surface area contributed by atoms with Crippen molar-refractivity contribution in [1.82, 2.24) is 30.4 Å². The Bertz CT molecular complexity index is 821. The van der Waals surface area contributed by atoms with Gasteiger partial charge in [0, 0.05) is 41.7 Å². The van der Waals surface area contributed by atoms with Gasteiger partial charge in [0.2, 0.25) is 11.8 Å². The van der Waals surface area contributed by atoms with Crippen LogP contribution in [0.3, 0.4) is 0 Å². The molecule has 0 unspecified atom stereocenters. The van der Waals surface area contributed by atoms with Crippen LogP contribution in [-0.4, -0.2) is 44.1 Å². The molecule has 8 heteroatoms. The second-order valence-corrected chi connectivity index (χ2v) is 7.01. The summed E-state index contributed by atoms with van der Waals surface area (Å²) in [6.07, 6.45) is 0.464. The number of aromatic nitrogens is 4. The molecule has 2 heterocycles. The molecule has 2 aromatic rings. The Morgan fingerprint density at radius 2 is 1.70 bits per heavy atom. The quantitative estimate of drug-likeness (QED) is 0.766. The van der Waals surface area contributed by atoms with Crippen molar-refractivity contribution < 1.29 is 9.59 Å². The summed E-state index contributed by atoms with van der Waals surface area (Å²) in [4.78, 5) is 32.8. The molecule has 0 radical (unpaired) electrons. The Balaban J connectivity index is 2.04. The first-order valence-corrected chi connectivity index (χ1v) is 9.11. The van der Waals surface area contributed by atoms with E-state index in [1.54, 1.807) is 4.68 Å². The molecule has 8 nitrogen and oxygen atoms in total. The topological polar surface area (TPSA) is 102 Å². The summed E-state index contributed by atoms with van der Waals surface area (Å²) >= 11 is 0. The predicted octanol–water partition coefficient (Wildman–Crippen LogP) is 1.47. The Morgan fingerprint density at radius 1 is 1.07 bits per heavy atom. The van der Waals surface area contributed by atoms with Crippen molar-refractivity contribution in [2.24, 2.45) is 0 Å². The van der Waals surface area contributed by atoms with Crippen LogP contribution in [0.15, 0.2) is 6.07 Å².